The Morgan fingerprint density at radius 2 is 1.69 bits per heavy atom. The molecule has 0 saturated heterocycles. The van der Waals surface area contributed by atoms with Crippen molar-refractivity contribution < 1.29 is 32.7 Å². The first kappa shape index (κ1) is 21.5. The minimum absolute atomic E-state index is 0.316. The Hall–Kier alpha value is -2.58. The summed E-state index contributed by atoms with van der Waals surface area (Å²) < 4.78 is 37.4. The van der Waals surface area contributed by atoms with Gasteiger partial charge in [-0.3, -0.25) is 9.59 Å². The smallest absolute Gasteiger partial charge is 0.391 e. The van der Waals surface area contributed by atoms with Crippen LogP contribution in [-0.2, 0) is 9.59 Å². The lowest BCUT2D eigenvalue weighted by Crippen LogP contribution is -2.54. The minimum Gasteiger partial charge on any atom is -0.480 e. The molecular weight excluding hydrogens is 353 g/mol. The number of halogens is 3. The monoisotopic (exact) mass is 374 g/mol. The van der Waals surface area contributed by atoms with Gasteiger partial charge in [0.2, 0.25) is 5.91 Å². The van der Waals surface area contributed by atoms with Crippen molar-refractivity contribution in [3.05, 3.63) is 35.4 Å². The number of aliphatic carboxylic acids is 1. The summed E-state index contributed by atoms with van der Waals surface area (Å²) in [6.45, 7) is 4.87. The fraction of sp³-hybridized carbons (Fsp3) is 0.471. The molecule has 144 valence electrons. The van der Waals surface area contributed by atoms with E-state index in [1.54, 1.807) is 45.0 Å². The van der Waals surface area contributed by atoms with Gasteiger partial charge in [0, 0.05) is 5.56 Å². The third-order valence-electron chi connectivity index (χ3n) is 3.68. The van der Waals surface area contributed by atoms with Crippen LogP contribution in [0.4, 0.5) is 13.2 Å². The molecule has 2 amide bonds. The summed E-state index contributed by atoms with van der Waals surface area (Å²) in [5, 5.41) is 13.2. The second-order valence-corrected chi connectivity index (χ2v) is 6.23. The van der Waals surface area contributed by atoms with Gasteiger partial charge in [0.1, 0.15) is 12.1 Å². The van der Waals surface area contributed by atoms with Gasteiger partial charge in [-0.2, -0.15) is 13.2 Å². The average molecular weight is 374 g/mol. The van der Waals surface area contributed by atoms with Gasteiger partial charge >= 0.3 is 12.1 Å². The van der Waals surface area contributed by atoms with Crippen molar-refractivity contribution in [1.29, 1.82) is 0 Å². The number of hydrogen-bond donors (Lipinski definition) is 3. The first-order chi connectivity index (χ1) is 11.9. The van der Waals surface area contributed by atoms with E-state index < -0.39 is 48.4 Å². The maximum Gasteiger partial charge on any atom is 0.391 e. The van der Waals surface area contributed by atoms with Crippen LogP contribution in [0.1, 0.15) is 36.2 Å². The molecule has 9 heteroatoms. The maximum atomic E-state index is 12.5. The van der Waals surface area contributed by atoms with Crippen molar-refractivity contribution in [2.75, 3.05) is 0 Å². The Kier molecular flexibility index (Phi) is 7.17. The predicted octanol–water partition coefficient (Wildman–Crippen LogP) is 2.27. The lowest BCUT2D eigenvalue weighted by molar-refractivity contribution is -0.160. The van der Waals surface area contributed by atoms with Crippen LogP contribution in [0.5, 0.6) is 0 Å². The molecule has 0 saturated carbocycles. The summed E-state index contributed by atoms with van der Waals surface area (Å²) in [6, 6.07) is 3.30. The molecule has 1 aromatic carbocycles. The number of aryl methyl sites for hydroxylation is 1. The van der Waals surface area contributed by atoms with E-state index in [0.717, 1.165) is 0 Å². The molecule has 0 aliphatic rings. The number of carboxylic acids is 1. The summed E-state index contributed by atoms with van der Waals surface area (Å²) in [5.74, 6) is -3.83. The first-order valence-electron chi connectivity index (χ1n) is 7.88. The summed E-state index contributed by atoms with van der Waals surface area (Å²) in [7, 11) is 0. The quantitative estimate of drug-likeness (QED) is 0.682. The number of amides is 2. The zero-order valence-electron chi connectivity index (χ0n) is 14.6. The van der Waals surface area contributed by atoms with Crippen LogP contribution in [0.25, 0.3) is 0 Å². The van der Waals surface area contributed by atoms with E-state index >= 15 is 0 Å². The summed E-state index contributed by atoms with van der Waals surface area (Å²) in [6.07, 6.45) is -6.46. The molecule has 0 aliphatic carbocycles. The van der Waals surface area contributed by atoms with Crippen LogP contribution >= 0.6 is 0 Å². The minimum atomic E-state index is -4.76. The van der Waals surface area contributed by atoms with Crippen LogP contribution in [0.15, 0.2) is 24.3 Å². The standard InChI is InChI=1S/C17H21F3N2O4/c1-9(2)13(22-14(23)11-7-5-4-6-10(11)3)15(24)21-12(16(25)26)8-17(18,19)20/h4-7,9,12-13H,8H2,1-3H3,(H,21,24)(H,22,23)(H,25,26). The predicted molar refractivity (Wildman–Crippen MR) is 87.5 cm³/mol. The van der Waals surface area contributed by atoms with Gasteiger partial charge in [0.05, 0.1) is 6.42 Å². The van der Waals surface area contributed by atoms with Crippen molar-refractivity contribution in [2.45, 2.75) is 45.5 Å². The van der Waals surface area contributed by atoms with Crippen molar-refractivity contribution in [3.8, 4) is 0 Å². The van der Waals surface area contributed by atoms with E-state index in [4.69, 9.17) is 5.11 Å². The first-order valence-corrected chi connectivity index (χ1v) is 7.88. The molecule has 0 heterocycles. The number of hydrogen-bond acceptors (Lipinski definition) is 3. The van der Waals surface area contributed by atoms with Crippen LogP contribution in [0.2, 0.25) is 0 Å². The van der Waals surface area contributed by atoms with Crippen LogP contribution < -0.4 is 10.6 Å². The van der Waals surface area contributed by atoms with Gasteiger partial charge in [-0.1, -0.05) is 32.0 Å². The fourth-order valence-electron chi connectivity index (χ4n) is 2.27. The molecule has 2 atom stereocenters. The highest BCUT2D eigenvalue weighted by molar-refractivity contribution is 5.99. The van der Waals surface area contributed by atoms with Gasteiger partial charge in [0.25, 0.3) is 5.91 Å². The lowest BCUT2D eigenvalue weighted by Gasteiger charge is -2.24. The van der Waals surface area contributed by atoms with Gasteiger partial charge in [0.15, 0.2) is 0 Å². The topological polar surface area (TPSA) is 95.5 Å². The third kappa shape index (κ3) is 6.38. The number of carbonyl (C=O) groups is 3. The molecular formula is C17H21F3N2O4. The highest BCUT2D eigenvalue weighted by Crippen LogP contribution is 2.22. The molecule has 0 fully saturated rings. The summed E-state index contributed by atoms with van der Waals surface area (Å²) in [5.41, 5.74) is 0.976. The zero-order valence-corrected chi connectivity index (χ0v) is 14.6. The summed E-state index contributed by atoms with van der Waals surface area (Å²) >= 11 is 0. The molecule has 1 aromatic rings. The van der Waals surface area contributed by atoms with E-state index in [-0.39, 0.29) is 0 Å². The molecule has 6 nitrogen and oxygen atoms in total. The maximum absolute atomic E-state index is 12.5. The molecule has 0 bridgehead atoms. The molecule has 0 aromatic heterocycles. The average Bonchev–Trinajstić information content (AvgIpc) is 2.50. The van der Waals surface area contributed by atoms with Crippen LogP contribution in [-0.4, -0.2) is 41.2 Å². The van der Waals surface area contributed by atoms with E-state index in [9.17, 15) is 27.6 Å². The molecule has 3 N–H and O–H groups in total. The Balaban J connectivity index is 2.91. The highest BCUT2D eigenvalue weighted by atomic mass is 19.4. The van der Waals surface area contributed by atoms with Crippen molar-refractivity contribution >= 4 is 17.8 Å². The van der Waals surface area contributed by atoms with Gasteiger partial charge in [-0.15, -0.1) is 0 Å². The van der Waals surface area contributed by atoms with E-state index in [0.29, 0.717) is 11.1 Å². The normalized spacial score (nSPS) is 13.8. The summed E-state index contributed by atoms with van der Waals surface area (Å²) in [4.78, 5) is 35.6. The number of benzene rings is 1. The van der Waals surface area contributed by atoms with Gasteiger partial charge < -0.3 is 15.7 Å². The fourth-order valence-corrected chi connectivity index (χ4v) is 2.27. The van der Waals surface area contributed by atoms with Crippen molar-refractivity contribution in [1.82, 2.24) is 10.6 Å². The van der Waals surface area contributed by atoms with E-state index in [1.807, 2.05) is 5.32 Å². The van der Waals surface area contributed by atoms with Gasteiger partial charge in [-0.25, -0.2) is 4.79 Å². The number of carbonyl (C=O) groups excluding carboxylic acids is 2. The molecule has 0 aliphatic heterocycles. The Morgan fingerprint density at radius 1 is 1.12 bits per heavy atom. The molecule has 26 heavy (non-hydrogen) atoms. The molecule has 0 spiro atoms. The SMILES string of the molecule is Cc1ccccc1C(=O)NC(C(=O)NC(CC(F)(F)F)C(=O)O)C(C)C. The zero-order chi connectivity index (χ0) is 20.1. The number of carboxylic acid groups (broad SMARTS) is 1. The van der Waals surface area contributed by atoms with Crippen LogP contribution in [0.3, 0.4) is 0 Å². The highest BCUT2D eigenvalue weighted by Gasteiger charge is 2.37. The molecule has 2 unspecified atom stereocenters. The van der Waals surface area contributed by atoms with Crippen molar-refractivity contribution in [2.24, 2.45) is 5.92 Å². The third-order valence-corrected chi connectivity index (χ3v) is 3.68. The molecule has 1 rings (SSSR count). The Morgan fingerprint density at radius 3 is 2.15 bits per heavy atom. The van der Waals surface area contributed by atoms with Crippen molar-refractivity contribution in [3.63, 3.8) is 0 Å². The van der Waals surface area contributed by atoms with Crippen LogP contribution in [0, 0.1) is 12.8 Å². The second kappa shape index (κ2) is 8.68. The van der Waals surface area contributed by atoms with Gasteiger partial charge in [-0.05, 0) is 24.5 Å². The van der Waals surface area contributed by atoms with E-state index in [1.165, 1.54) is 0 Å². The Bertz CT molecular complexity index is 674. The second-order valence-electron chi connectivity index (χ2n) is 6.23. The molecule has 0 radical (unpaired) electrons. The number of nitrogens with one attached hydrogen (secondary N) is 2. The Labute approximate surface area is 148 Å². The van der Waals surface area contributed by atoms with E-state index in [2.05, 4.69) is 5.32 Å². The number of alkyl halides is 3. The number of rotatable bonds is 7. The lowest BCUT2D eigenvalue weighted by atomic mass is 10.0. The largest absolute Gasteiger partial charge is 0.480 e.